The Hall–Kier alpha value is 0.821. The molecule has 299 valence electrons. The van der Waals surface area contributed by atoms with Gasteiger partial charge in [-0.2, -0.15) is 0 Å². The van der Waals surface area contributed by atoms with Crippen LogP contribution in [0.25, 0.3) is 0 Å². The molecular formula is C33H74N3O9Si6. The lowest BCUT2D eigenvalue weighted by molar-refractivity contribution is -0.110. The summed E-state index contributed by atoms with van der Waals surface area (Å²) in [6.07, 6.45) is 2.64. The van der Waals surface area contributed by atoms with Crippen LogP contribution in [-0.4, -0.2) is 201 Å². The topological polar surface area (TPSA) is 92.8 Å². The third-order valence-electron chi connectivity index (χ3n) is 9.40. The molecule has 0 aromatic carbocycles. The average molecular weight is 825 g/mol. The maximum absolute atomic E-state index is 6.69. The van der Waals surface area contributed by atoms with Crippen LogP contribution in [0.1, 0.15) is 0 Å². The predicted molar refractivity (Wildman–Crippen MR) is 218 cm³/mol. The molecule has 18 heteroatoms. The molecule has 3 aliphatic rings. The fourth-order valence-corrected chi connectivity index (χ4v) is 20.0. The molecule has 3 heterocycles. The molecule has 0 aliphatic carbocycles. The maximum atomic E-state index is 6.69. The normalized spacial score (nSPS) is 28.7. The second-order valence-electron chi connectivity index (χ2n) is 17.3. The van der Waals surface area contributed by atoms with Gasteiger partial charge in [-0.1, -0.05) is 39.3 Å². The first-order valence-corrected chi connectivity index (χ1v) is 35.9. The first-order chi connectivity index (χ1) is 23.8. The lowest BCUT2D eigenvalue weighted by atomic mass is 10.3. The van der Waals surface area contributed by atoms with Crippen LogP contribution in [0.4, 0.5) is 0 Å². The van der Waals surface area contributed by atoms with E-state index in [0.29, 0.717) is 33.0 Å². The summed E-state index contributed by atoms with van der Waals surface area (Å²) in [5, 5.41) is 0. The molecule has 3 rings (SSSR count). The average Bonchev–Trinajstić information content (AvgIpc) is 2.98. The fraction of sp³-hybridized carbons (Fsp3) is 1.00. The van der Waals surface area contributed by atoms with Gasteiger partial charge in [0.15, 0.2) is 0 Å². The number of hydrogen-bond acceptors (Lipinski definition) is 12. The van der Waals surface area contributed by atoms with Crippen molar-refractivity contribution < 1.29 is 41.7 Å². The number of methoxy groups -OCH3 is 3. The van der Waals surface area contributed by atoms with E-state index in [1.807, 2.05) is 21.3 Å². The van der Waals surface area contributed by atoms with Gasteiger partial charge in [0.25, 0.3) is 0 Å². The molecule has 3 radical (unpaired) electrons. The van der Waals surface area contributed by atoms with E-state index in [-0.39, 0.29) is 42.0 Å². The van der Waals surface area contributed by atoms with Crippen LogP contribution in [-0.2, 0) is 41.7 Å². The smallest absolute Gasteiger partial charge is 0.201 e. The van der Waals surface area contributed by atoms with E-state index in [9.17, 15) is 0 Å². The third kappa shape index (κ3) is 15.0. The van der Waals surface area contributed by atoms with E-state index in [1.54, 1.807) is 0 Å². The first-order valence-electron chi connectivity index (χ1n) is 18.8. The highest BCUT2D eigenvalue weighted by molar-refractivity contribution is 6.72. The third-order valence-corrected chi connectivity index (χ3v) is 20.6. The Bertz CT molecular complexity index is 969. The van der Waals surface area contributed by atoms with Crippen LogP contribution in [0, 0.1) is 0 Å². The molecule has 3 aliphatic heterocycles. The largest absolute Gasteiger partial charge is 0.410 e. The van der Waals surface area contributed by atoms with Gasteiger partial charge in [-0.3, -0.25) is 14.7 Å². The highest BCUT2D eigenvalue weighted by Crippen LogP contribution is 2.25. The van der Waals surface area contributed by atoms with Crippen LogP contribution >= 0.6 is 0 Å². The monoisotopic (exact) mass is 824 g/mol. The predicted octanol–water partition coefficient (Wildman–Crippen LogP) is 3.54. The minimum atomic E-state index is -1.92. The summed E-state index contributed by atoms with van der Waals surface area (Å²) in [6, 6.07) is 0. The standard InChI is InChI=1S/C33H74N3O9Si6/c1-37-31(46(4)5)34-16-27(43-49(10,11)24-34)19-40-21-30(42-23-29-18-36(26-51(14,15)45-29)33(39-3)48(8)9)22-41-20-28-17-35(25-50(12,13)44-28)32(38-2)47(6)7/h27-33H,16-26H2,1-15H3. The molecule has 0 N–H and O–H groups in total. The van der Waals surface area contributed by atoms with Crippen LogP contribution < -0.4 is 0 Å². The number of ether oxygens (including phenoxy) is 6. The fourth-order valence-electron chi connectivity index (χ4n) is 8.12. The van der Waals surface area contributed by atoms with Crippen molar-refractivity contribution in [2.75, 3.05) is 92.5 Å². The summed E-state index contributed by atoms with van der Waals surface area (Å²) in [5.74, 6) is 0.499. The summed E-state index contributed by atoms with van der Waals surface area (Å²) in [4.78, 5) is 7.48. The zero-order chi connectivity index (χ0) is 38.1. The molecule has 51 heavy (non-hydrogen) atoms. The van der Waals surface area contributed by atoms with Gasteiger partial charge in [0.05, 0.1) is 95.3 Å². The van der Waals surface area contributed by atoms with Gasteiger partial charge in [0.1, 0.15) is 6.10 Å². The molecule has 12 nitrogen and oxygen atoms in total. The van der Waals surface area contributed by atoms with E-state index in [2.05, 4.69) is 93.3 Å². The van der Waals surface area contributed by atoms with Crippen LogP contribution in [0.2, 0.25) is 78.6 Å². The minimum Gasteiger partial charge on any atom is -0.410 e. The van der Waals surface area contributed by atoms with Crippen molar-refractivity contribution >= 4 is 51.3 Å². The van der Waals surface area contributed by atoms with Crippen LogP contribution in [0.5, 0.6) is 0 Å². The molecule has 0 spiro atoms. The van der Waals surface area contributed by atoms with E-state index in [4.69, 9.17) is 41.7 Å². The van der Waals surface area contributed by atoms with E-state index >= 15 is 0 Å². The summed E-state index contributed by atoms with van der Waals surface area (Å²) < 4.78 is 57.4. The molecular weight excluding hydrogens is 751 g/mol. The quantitative estimate of drug-likeness (QED) is 0.168. The Morgan fingerprint density at radius 2 is 0.824 bits per heavy atom. The molecule has 0 amide bonds. The van der Waals surface area contributed by atoms with Gasteiger partial charge < -0.3 is 41.7 Å². The van der Waals surface area contributed by atoms with Crippen molar-refractivity contribution in [3.63, 3.8) is 0 Å². The highest BCUT2D eigenvalue weighted by atomic mass is 28.4. The van der Waals surface area contributed by atoms with Crippen molar-refractivity contribution in [2.24, 2.45) is 0 Å². The van der Waals surface area contributed by atoms with Gasteiger partial charge in [-0.05, 0) is 39.3 Å². The molecule has 3 saturated heterocycles. The van der Waals surface area contributed by atoms with Crippen molar-refractivity contribution in [2.45, 2.75) is 121 Å². The summed E-state index contributed by atoms with van der Waals surface area (Å²) in [5.41, 5.74) is 0. The number of hydrogen-bond donors (Lipinski definition) is 0. The minimum absolute atomic E-state index is 0.000750. The Balaban J connectivity index is 1.67. The Kier molecular flexibility index (Phi) is 18.9. The molecule has 6 unspecified atom stereocenters. The van der Waals surface area contributed by atoms with E-state index in [0.717, 1.165) is 38.1 Å². The second kappa shape index (κ2) is 20.8. The maximum Gasteiger partial charge on any atom is 0.201 e. The summed E-state index contributed by atoms with van der Waals surface area (Å²) >= 11 is 0. The van der Waals surface area contributed by atoms with Crippen molar-refractivity contribution in [3.05, 3.63) is 0 Å². The van der Waals surface area contributed by atoms with Gasteiger partial charge in [0.2, 0.25) is 25.0 Å². The van der Waals surface area contributed by atoms with E-state index < -0.39 is 51.3 Å². The van der Waals surface area contributed by atoms with Crippen LogP contribution in [0.15, 0.2) is 0 Å². The molecule has 6 atom stereocenters. The van der Waals surface area contributed by atoms with Gasteiger partial charge in [0, 0.05) is 59.5 Å². The summed E-state index contributed by atoms with van der Waals surface area (Å²) in [6.45, 7) is 32.4. The lowest BCUT2D eigenvalue weighted by Crippen LogP contribution is -2.62. The van der Waals surface area contributed by atoms with E-state index in [1.165, 1.54) is 0 Å². The lowest BCUT2D eigenvalue weighted by Gasteiger charge is -2.46. The summed E-state index contributed by atoms with van der Waals surface area (Å²) in [7, 11) is -2.19. The number of rotatable bonds is 20. The molecule has 3 fully saturated rings. The molecule has 0 aromatic rings. The van der Waals surface area contributed by atoms with Crippen LogP contribution in [0.3, 0.4) is 0 Å². The molecule has 0 saturated carbocycles. The Morgan fingerprint density at radius 3 is 1.10 bits per heavy atom. The van der Waals surface area contributed by atoms with Crippen molar-refractivity contribution in [3.8, 4) is 0 Å². The SMILES string of the molecule is COC(N1CC(COCC(COCC2CN(C(OC)[Si](C)C)C[Si](C)(C)O2)OCC2CN(C(OC)[Si](C)C)C[Si](C)(C)O2)O[Si](C)(C)C1)[Si](C)C. The Labute approximate surface area is 319 Å². The van der Waals surface area contributed by atoms with Crippen molar-refractivity contribution in [1.82, 2.24) is 14.7 Å². The van der Waals surface area contributed by atoms with Gasteiger partial charge >= 0.3 is 0 Å². The first kappa shape index (κ1) is 46.2. The van der Waals surface area contributed by atoms with Gasteiger partial charge in [-0.15, -0.1) is 0 Å². The molecule has 0 aromatic heterocycles. The molecule has 0 bridgehead atoms. The second-order valence-corrected chi connectivity index (χ2v) is 37.5. The zero-order valence-corrected chi connectivity index (χ0v) is 40.8. The van der Waals surface area contributed by atoms with Crippen molar-refractivity contribution in [1.29, 1.82) is 0 Å². The zero-order valence-electron chi connectivity index (χ0n) is 34.8. The number of nitrogens with zero attached hydrogens (tertiary/aromatic N) is 3. The van der Waals surface area contributed by atoms with Gasteiger partial charge in [-0.25, -0.2) is 0 Å². The Morgan fingerprint density at radius 1 is 0.529 bits per heavy atom. The highest BCUT2D eigenvalue weighted by Gasteiger charge is 2.42.